The third kappa shape index (κ3) is 3.88. The van der Waals surface area contributed by atoms with Gasteiger partial charge in [-0.1, -0.05) is 24.5 Å². The summed E-state index contributed by atoms with van der Waals surface area (Å²) in [6.45, 7) is 5.03. The van der Waals surface area contributed by atoms with Gasteiger partial charge in [0.05, 0.1) is 11.9 Å². The maximum absolute atomic E-state index is 13.4. The van der Waals surface area contributed by atoms with E-state index >= 15 is 0 Å². The van der Waals surface area contributed by atoms with Crippen LogP contribution in [0, 0.1) is 12.7 Å². The first-order valence-corrected chi connectivity index (χ1v) is 9.84. The largest absolute Gasteiger partial charge is 0.335 e. The summed E-state index contributed by atoms with van der Waals surface area (Å²) in [5, 5.41) is 8.09. The van der Waals surface area contributed by atoms with Crippen LogP contribution in [0.5, 0.6) is 0 Å². The molecule has 0 unspecified atom stereocenters. The van der Waals surface area contributed by atoms with Gasteiger partial charge in [0.25, 0.3) is 5.91 Å². The zero-order valence-electron chi connectivity index (χ0n) is 15.8. The van der Waals surface area contributed by atoms with Crippen molar-refractivity contribution in [2.75, 3.05) is 26.2 Å². The maximum Gasteiger partial charge on any atom is 0.276 e. The van der Waals surface area contributed by atoms with Gasteiger partial charge in [-0.15, -0.1) is 5.10 Å². The molecule has 7 heteroatoms. The number of carbonyl (C=O) groups is 1. The first-order valence-electron chi connectivity index (χ1n) is 9.84. The molecule has 1 saturated heterocycles. The normalized spacial score (nSPS) is 19.4. The van der Waals surface area contributed by atoms with Crippen molar-refractivity contribution in [2.24, 2.45) is 0 Å². The molecule has 4 rings (SSSR count). The monoisotopic (exact) mass is 371 g/mol. The number of halogens is 1. The highest BCUT2D eigenvalue weighted by atomic mass is 19.1. The molecule has 6 nitrogen and oxygen atoms in total. The van der Waals surface area contributed by atoms with Gasteiger partial charge in [0.15, 0.2) is 5.69 Å². The number of hydrogen-bond acceptors (Lipinski definition) is 4. The van der Waals surface area contributed by atoms with Gasteiger partial charge in [0.1, 0.15) is 5.82 Å². The summed E-state index contributed by atoms with van der Waals surface area (Å²) in [5.74, 6) is -0.339. The predicted octanol–water partition coefficient (Wildman–Crippen LogP) is 2.81. The van der Waals surface area contributed by atoms with E-state index in [4.69, 9.17) is 0 Å². The number of carbonyl (C=O) groups excluding carboxylic acids is 1. The van der Waals surface area contributed by atoms with Gasteiger partial charge in [-0.25, -0.2) is 9.07 Å². The number of piperazine rings is 1. The summed E-state index contributed by atoms with van der Waals surface area (Å²) in [6.07, 6.45) is 8.23. The van der Waals surface area contributed by atoms with Crippen molar-refractivity contribution in [3.05, 3.63) is 41.5 Å². The van der Waals surface area contributed by atoms with Gasteiger partial charge < -0.3 is 4.90 Å². The highest BCUT2D eigenvalue weighted by molar-refractivity contribution is 5.92. The molecule has 0 bridgehead atoms. The Balaban J connectivity index is 1.39. The smallest absolute Gasteiger partial charge is 0.276 e. The summed E-state index contributed by atoms with van der Waals surface area (Å²) in [7, 11) is 0. The molecule has 0 atom stereocenters. The van der Waals surface area contributed by atoms with E-state index < -0.39 is 0 Å². The minimum Gasteiger partial charge on any atom is -0.335 e. The fourth-order valence-corrected chi connectivity index (χ4v) is 4.16. The molecule has 1 aliphatic heterocycles. The van der Waals surface area contributed by atoms with E-state index in [1.54, 1.807) is 25.3 Å². The van der Waals surface area contributed by atoms with Gasteiger partial charge in [-0.05, 0) is 43.5 Å². The van der Waals surface area contributed by atoms with E-state index in [0.29, 0.717) is 23.0 Å². The van der Waals surface area contributed by atoms with Crippen molar-refractivity contribution in [1.29, 1.82) is 0 Å². The summed E-state index contributed by atoms with van der Waals surface area (Å²) < 4.78 is 15.0. The maximum atomic E-state index is 13.4. The van der Waals surface area contributed by atoms with Crippen LogP contribution in [0.4, 0.5) is 4.39 Å². The van der Waals surface area contributed by atoms with Crippen molar-refractivity contribution < 1.29 is 9.18 Å². The third-order valence-corrected chi connectivity index (χ3v) is 5.81. The van der Waals surface area contributed by atoms with Crippen LogP contribution in [0.15, 0.2) is 24.4 Å². The summed E-state index contributed by atoms with van der Waals surface area (Å²) in [6, 6.07) is 5.42. The highest BCUT2D eigenvalue weighted by Crippen LogP contribution is 2.23. The molecular weight excluding hydrogens is 345 g/mol. The molecule has 1 saturated carbocycles. The fourth-order valence-electron chi connectivity index (χ4n) is 4.16. The Kier molecular flexibility index (Phi) is 5.20. The highest BCUT2D eigenvalue weighted by Gasteiger charge is 2.28. The molecular formula is C20H26FN5O. The van der Waals surface area contributed by atoms with Crippen LogP contribution in [0.3, 0.4) is 0 Å². The van der Waals surface area contributed by atoms with Gasteiger partial charge in [0.2, 0.25) is 0 Å². The number of nitrogens with zero attached hydrogens (tertiary/aromatic N) is 5. The molecule has 0 spiro atoms. The first kappa shape index (κ1) is 18.1. The number of rotatable bonds is 3. The summed E-state index contributed by atoms with van der Waals surface area (Å²) in [4.78, 5) is 17.2. The Morgan fingerprint density at radius 3 is 2.56 bits per heavy atom. The van der Waals surface area contributed by atoms with Crippen molar-refractivity contribution in [3.63, 3.8) is 0 Å². The van der Waals surface area contributed by atoms with Crippen LogP contribution in [0.2, 0.25) is 0 Å². The van der Waals surface area contributed by atoms with Crippen LogP contribution in [-0.4, -0.2) is 62.9 Å². The Hall–Kier alpha value is -2.28. The second-order valence-electron chi connectivity index (χ2n) is 7.60. The molecule has 144 valence electrons. The third-order valence-electron chi connectivity index (χ3n) is 5.81. The number of aryl methyl sites for hydroxylation is 1. The lowest BCUT2D eigenvalue weighted by Gasteiger charge is -2.40. The van der Waals surface area contributed by atoms with E-state index in [9.17, 15) is 9.18 Å². The standard InChI is InChI=1S/C20H26FN5O/c1-15-13-17(7-8-18(15)21)26-14-19(22-23-26)20(27)25-11-9-24(10-12-25)16-5-3-2-4-6-16/h7-8,13-14,16H,2-6,9-12H2,1H3. The van der Waals surface area contributed by atoms with Crippen molar-refractivity contribution in [1.82, 2.24) is 24.8 Å². The molecule has 2 fully saturated rings. The number of benzene rings is 1. The Bertz CT molecular complexity index is 806. The zero-order valence-corrected chi connectivity index (χ0v) is 15.8. The van der Waals surface area contributed by atoms with E-state index in [1.807, 2.05) is 4.90 Å². The lowest BCUT2D eigenvalue weighted by atomic mass is 9.94. The van der Waals surface area contributed by atoms with Crippen molar-refractivity contribution in [2.45, 2.75) is 45.1 Å². The Morgan fingerprint density at radius 1 is 1.11 bits per heavy atom. The van der Waals surface area contributed by atoms with E-state index in [0.717, 1.165) is 26.2 Å². The minimum atomic E-state index is -0.258. The SMILES string of the molecule is Cc1cc(-n2cc(C(=O)N3CCN(C4CCCCC4)CC3)nn2)ccc1F. The van der Waals surface area contributed by atoms with Gasteiger partial charge >= 0.3 is 0 Å². The molecule has 2 heterocycles. The molecule has 1 aromatic heterocycles. The zero-order chi connectivity index (χ0) is 18.8. The predicted molar refractivity (Wildman–Crippen MR) is 100 cm³/mol. The Labute approximate surface area is 158 Å². The molecule has 0 N–H and O–H groups in total. The van der Waals surface area contributed by atoms with Gasteiger partial charge in [-0.2, -0.15) is 0 Å². The molecule has 1 aromatic carbocycles. The second-order valence-corrected chi connectivity index (χ2v) is 7.60. The van der Waals surface area contributed by atoms with E-state index in [1.165, 1.54) is 42.9 Å². The van der Waals surface area contributed by atoms with Crippen molar-refractivity contribution >= 4 is 5.91 Å². The van der Waals surface area contributed by atoms with Crippen LogP contribution >= 0.6 is 0 Å². The van der Waals surface area contributed by atoms with Gasteiger partial charge in [-0.3, -0.25) is 9.69 Å². The van der Waals surface area contributed by atoms with Gasteiger partial charge in [0, 0.05) is 32.2 Å². The van der Waals surface area contributed by atoms with E-state index in [2.05, 4.69) is 15.2 Å². The van der Waals surface area contributed by atoms with Crippen LogP contribution in [0.25, 0.3) is 5.69 Å². The lowest BCUT2D eigenvalue weighted by Crippen LogP contribution is -2.52. The molecule has 2 aromatic rings. The average molecular weight is 371 g/mol. The van der Waals surface area contributed by atoms with Crippen LogP contribution < -0.4 is 0 Å². The molecule has 1 amide bonds. The first-order chi connectivity index (χ1) is 13.1. The quantitative estimate of drug-likeness (QED) is 0.833. The fraction of sp³-hybridized carbons (Fsp3) is 0.550. The van der Waals surface area contributed by atoms with E-state index in [-0.39, 0.29) is 11.7 Å². The second kappa shape index (κ2) is 7.76. The summed E-state index contributed by atoms with van der Waals surface area (Å²) >= 11 is 0. The Morgan fingerprint density at radius 2 is 1.85 bits per heavy atom. The number of aromatic nitrogens is 3. The average Bonchev–Trinajstić information content (AvgIpc) is 3.20. The van der Waals surface area contributed by atoms with Crippen LogP contribution in [0.1, 0.15) is 48.2 Å². The van der Waals surface area contributed by atoms with Crippen molar-refractivity contribution in [3.8, 4) is 5.69 Å². The molecule has 0 radical (unpaired) electrons. The minimum absolute atomic E-state index is 0.0802. The summed E-state index contributed by atoms with van der Waals surface area (Å²) in [5.41, 5.74) is 1.57. The molecule has 1 aliphatic carbocycles. The molecule has 2 aliphatic rings. The number of hydrogen-bond donors (Lipinski definition) is 0. The topological polar surface area (TPSA) is 54.3 Å². The number of amides is 1. The van der Waals surface area contributed by atoms with Crippen LogP contribution in [-0.2, 0) is 0 Å². The lowest BCUT2D eigenvalue weighted by molar-refractivity contribution is 0.0518. The molecule has 27 heavy (non-hydrogen) atoms.